The van der Waals surface area contributed by atoms with Gasteiger partial charge in [0.1, 0.15) is 0 Å². The molecule has 1 amide bonds. The minimum atomic E-state index is -0.0783. The molecule has 1 heterocycles. The van der Waals surface area contributed by atoms with Crippen molar-refractivity contribution in [3.8, 4) is 0 Å². The molecule has 1 atom stereocenters. The van der Waals surface area contributed by atoms with E-state index in [4.69, 9.17) is 28.9 Å². The number of hydrogen-bond acceptors (Lipinski definition) is 2. The summed E-state index contributed by atoms with van der Waals surface area (Å²) in [6.45, 7) is 1.23. The summed E-state index contributed by atoms with van der Waals surface area (Å²) in [6.07, 6.45) is 1.95. The lowest BCUT2D eigenvalue weighted by atomic mass is 10.1. The summed E-state index contributed by atoms with van der Waals surface area (Å²) in [7, 11) is 0. The second-order valence-corrected chi connectivity index (χ2v) is 4.92. The first-order chi connectivity index (χ1) is 8.15. The van der Waals surface area contributed by atoms with Crippen LogP contribution >= 0.6 is 35.6 Å². The molecule has 0 aliphatic carbocycles. The van der Waals surface area contributed by atoms with Crippen LogP contribution in [0.4, 0.5) is 0 Å². The fourth-order valence-electron chi connectivity index (χ4n) is 2.17. The van der Waals surface area contributed by atoms with Crippen molar-refractivity contribution in [3.63, 3.8) is 0 Å². The summed E-state index contributed by atoms with van der Waals surface area (Å²) in [5.74, 6) is -0.0783. The molecule has 2 N–H and O–H groups in total. The maximum absolute atomic E-state index is 12.3. The minimum Gasteiger partial charge on any atom is -0.334 e. The molecule has 0 aromatic heterocycles. The number of nitrogens with zero attached hydrogens (tertiary/aromatic N) is 1. The van der Waals surface area contributed by atoms with E-state index in [2.05, 4.69) is 0 Å². The van der Waals surface area contributed by atoms with Crippen LogP contribution in [-0.2, 0) is 0 Å². The highest BCUT2D eigenvalue weighted by Gasteiger charge is 2.29. The smallest absolute Gasteiger partial charge is 0.255 e. The zero-order valence-corrected chi connectivity index (χ0v) is 12.1. The molecule has 0 bridgehead atoms. The third-order valence-corrected chi connectivity index (χ3v) is 3.91. The van der Waals surface area contributed by atoms with Gasteiger partial charge in [-0.05, 0) is 25.0 Å². The summed E-state index contributed by atoms with van der Waals surface area (Å²) in [4.78, 5) is 14.1. The molecule has 0 radical (unpaired) electrons. The minimum absolute atomic E-state index is 0. The van der Waals surface area contributed by atoms with Crippen LogP contribution in [-0.4, -0.2) is 29.9 Å². The van der Waals surface area contributed by atoms with Gasteiger partial charge in [0.2, 0.25) is 0 Å². The average molecular weight is 310 g/mol. The Kier molecular flexibility index (Phi) is 5.73. The van der Waals surface area contributed by atoms with Crippen molar-refractivity contribution in [2.75, 3.05) is 13.1 Å². The van der Waals surface area contributed by atoms with Crippen LogP contribution in [0.2, 0.25) is 10.0 Å². The topological polar surface area (TPSA) is 46.3 Å². The van der Waals surface area contributed by atoms with Gasteiger partial charge in [0.25, 0.3) is 5.91 Å². The maximum atomic E-state index is 12.3. The molecular formula is C12H15Cl3N2O. The molecule has 1 unspecified atom stereocenters. The van der Waals surface area contributed by atoms with Crippen molar-refractivity contribution < 1.29 is 4.79 Å². The first-order valence-electron chi connectivity index (χ1n) is 5.60. The standard InChI is InChI=1S/C12H14Cl2N2O.ClH/c13-10-5-1-4-9(11(10)14)12(17)16-6-2-3-8(16)7-15;/h1,4-5,8H,2-3,6-7,15H2;1H. The Hall–Kier alpha value is -0.480. The van der Waals surface area contributed by atoms with Gasteiger partial charge in [-0.2, -0.15) is 0 Å². The SMILES string of the molecule is Cl.NCC1CCCN1C(=O)c1cccc(Cl)c1Cl. The summed E-state index contributed by atoms with van der Waals surface area (Å²) in [5, 5.41) is 0.725. The Morgan fingerprint density at radius 1 is 1.44 bits per heavy atom. The van der Waals surface area contributed by atoms with Gasteiger partial charge < -0.3 is 10.6 Å². The van der Waals surface area contributed by atoms with Gasteiger partial charge in [0, 0.05) is 19.1 Å². The van der Waals surface area contributed by atoms with E-state index >= 15 is 0 Å². The highest BCUT2D eigenvalue weighted by molar-refractivity contribution is 6.43. The Morgan fingerprint density at radius 3 is 2.83 bits per heavy atom. The van der Waals surface area contributed by atoms with Crippen LogP contribution in [0, 0.1) is 0 Å². The summed E-state index contributed by atoms with van der Waals surface area (Å²) in [6, 6.07) is 5.22. The molecule has 18 heavy (non-hydrogen) atoms. The van der Waals surface area contributed by atoms with Gasteiger partial charge in [-0.25, -0.2) is 0 Å². The molecule has 3 nitrogen and oxygen atoms in total. The number of carbonyl (C=O) groups is 1. The second kappa shape index (κ2) is 6.62. The Balaban J connectivity index is 0.00000162. The van der Waals surface area contributed by atoms with E-state index in [1.807, 2.05) is 0 Å². The maximum Gasteiger partial charge on any atom is 0.255 e. The third-order valence-electron chi connectivity index (χ3n) is 3.09. The number of benzene rings is 1. The molecule has 0 saturated carbocycles. The van der Waals surface area contributed by atoms with Gasteiger partial charge in [0.05, 0.1) is 15.6 Å². The third kappa shape index (κ3) is 2.91. The van der Waals surface area contributed by atoms with Gasteiger partial charge in [-0.15, -0.1) is 12.4 Å². The Morgan fingerprint density at radius 2 is 2.17 bits per heavy atom. The molecule has 1 aliphatic heterocycles. The number of carbonyl (C=O) groups excluding carboxylic acids is 1. The van der Waals surface area contributed by atoms with Crippen LogP contribution < -0.4 is 5.73 Å². The Labute approximate surface area is 123 Å². The van der Waals surface area contributed by atoms with E-state index < -0.39 is 0 Å². The number of amides is 1. The lowest BCUT2D eigenvalue weighted by Gasteiger charge is -2.24. The average Bonchev–Trinajstić information content (AvgIpc) is 2.80. The summed E-state index contributed by atoms with van der Waals surface area (Å²) < 4.78 is 0. The molecule has 1 saturated heterocycles. The predicted molar refractivity (Wildman–Crippen MR) is 76.8 cm³/mol. The fourth-order valence-corrected chi connectivity index (χ4v) is 2.55. The number of likely N-dealkylation sites (tertiary alicyclic amines) is 1. The van der Waals surface area contributed by atoms with E-state index in [0.29, 0.717) is 22.2 Å². The van der Waals surface area contributed by atoms with Crippen LogP contribution in [0.1, 0.15) is 23.2 Å². The van der Waals surface area contributed by atoms with Crippen molar-refractivity contribution in [1.82, 2.24) is 4.90 Å². The number of nitrogens with two attached hydrogens (primary N) is 1. The lowest BCUT2D eigenvalue weighted by Crippen LogP contribution is -2.40. The number of hydrogen-bond donors (Lipinski definition) is 1. The molecule has 1 aliphatic rings. The molecule has 0 spiro atoms. The summed E-state index contributed by atoms with van der Waals surface area (Å²) >= 11 is 12.0. The van der Waals surface area contributed by atoms with Crippen molar-refractivity contribution in [2.24, 2.45) is 5.73 Å². The van der Waals surface area contributed by atoms with E-state index in [0.717, 1.165) is 19.4 Å². The quantitative estimate of drug-likeness (QED) is 0.913. The van der Waals surface area contributed by atoms with Crippen LogP contribution in [0.3, 0.4) is 0 Å². The van der Waals surface area contributed by atoms with E-state index in [1.165, 1.54) is 0 Å². The zero-order valence-electron chi connectivity index (χ0n) is 9.73. The highest BCUT2D eigenvalue weighted by atomic mass is 35.5. The molecular weight excluding hydrogens is 295 g/mol. The number of halogens is 3. The first-order valence-corrected chi connectivity index (χ1v) is 6.35. The lowest BCUT2D eigenvalue weighted by molar-refractivity contribution is 0.0741. The van der Waals surface area contributed by atoms with Gasteiger partial charge in [0.15, 0.2) is 0 Å². The van der Waals surface area contributed by atoms with E-state index in [9.17, 15) is 4.79 Å². The zero-order chi connectivity index (χ0) is 12.4. The normalized spacial score (nSPS) is 18.6. The molecule has 100 valence electrons. The second-order valence-electron chi connectivity index (χ2n) is 4.13. The summed E-state index contributed by atoms with van der Waals surface area (Å²) in [5.41, 5.74) is 6.11. The van der Waals surface area contributed by atoms with Crippen molar-refractivity contribution in [3.05, 3.63) is 33.8 Å². The van der Waals surface area contributed by atoms with E-state index in [1.54, 1.807) is 23.1 Å². The van der Waals surface area contributed by atoms with Crippen molar-refractivity contribution in [2.45, 2.75) is 18.9 Å². The van der Waals surface area contributed by atoms with Gasteiger partial charge in [-0.1, -0.05) is 29.3 Å². The number of rotatable bonds is 2. The van der Waals surface area contributed by atoms with Crippen molar-refractivity contribution >= 4 is 41.5 Å². The monoisotopic (exact) mass is 308 g/mol. The van der Waals surface area contributed by atoms with Gasteiger partial charge in [-0.3, -0.25) is 4.79 Å². The van der Waals surface area contributed by atoms with Crippen LogP contribution in [0.5, 0.6) is 0 Å². The van der Waals surface area contributed by atoms with Crippen molar-refractivity contribution in [1.29, 1.82) is 0 Å². The molecule has 1 aromatic rings. The molecule has 2 rings (SSSR count). The van der Waals surface area contributed by atoms with Gasteiger partial charge >= 0.3 is 0 Å². The highest BCUT2D eigenvalue weighted by Crippen LogP contribution is 2.28. The Bertz CT molecular complexity index is 439. The van der Waals surface area contributed by atoms with Crippen LogP contribution in [0.25, 0.3) is 0 Å². The fraction of sp³-hybridized carbons (Fsp3) is 0.417. The van der Waals surface area contributed by atoms with E-state index in [-0.39, 0.29) is 24.4 Å². The largest absolute Gasteiger partial charge is 0.334 e. The predicted octanol–water partition coefficient (Wildman–Crippen LogP) is 2.98. The first kappa shape index (κ1) is 15.6. The molecule has 6 heteroatoms. The molecule has 1 aromatic carbocycles. The van der Waals surface area contributed by atoms with Crippen LogP contribution in [0.15, 0.2) is 18.2 Å². The molecule has 1 fully saturated rings.